The van der Waals surface area contributed by atoms with Gasteiger partial charge < -0.3 is 19.8 Å². The molecule has 0 aliphatic carbocycles. The fourth-order valence-electron chi connectivity index (χ4n) is 8.01. The number of nitrogens with one attached hydrogen (secondary N) is 1. The topological polar surface area (TPSA) is 105 Å². The van der Waals surface area contributed by atoms with Gasteiger partial charge in [-0.15, -0.1) is 0 Å². The van der Waals surface area contributed by atoms with Gasteiger partial charge in [-0.25, -0.2) is 4.57 Å². The molecular weight excluding hydrogens is 816 g/mol. The molecule has 0 aliphatic rings. The first-order valence-corrected chi connectivity index (χ1v) is 28.9. The molecule has 0 radical (unpaired) electrons. The number of carbonyl (C=O) groups is 1. The standard InChI is InChI=1S/C55H107N2O6P/c1-6-8-10-12-14-16-18-20-22-24-26-28-30-32-34-36-38-40-42-44-46-48-54(58)53(52-63-64(60,61)62-51-50-57(3,4)5)56-55(59)49-47-45-43-41-39-37-35-33-31-29-27-25-23-21-19-17-15-13-11-9-7-2/h19,21,25,27,46,48,53-54,58H,6-18,20,22-24,26,28-45,47,49-52H2,1-5H3,(H-,56,59,60,61)/p+1/b21-19-,27-25-,48-46+. The van der Waals surface area contributed by atoms with Gasteiger partial charge in [-0.3, -0.25) is 13.8 Å². The number of phosphoric ester groups is 1. The average molecular weight is 924 g/mol. The second-order valence-electron chi connectivity index (χ2n) is 20.0. The zero-order valence-electron chi connectivity index (χ0n) is 43.0. The molecule has 3 N–H and O–H groups in total. The second kappa shape index (κ2) is 46.8. The first kappa shape index (κ1) is 62.7. The summed E-state index contributed by atoms with van der Waals surface area (Å²) in [5.41, 5.74) is 0. The predicted octanol–water partition coefficient (Wildman–Crippen LogP) is 16.2. The number of likely N-dealkylation sites (N-methyl/N-ethyl adjacent to an activating group) is 1. The molecule has 0 bridgehead atoms. The highest BCUT2D eigenvalue weighted by molar-refractivity contribution is 7.47. The van der Waals surface area contributed by atoms with Crippen LogP contribution in [0.25, 0.3) is 0 Å². The first-order chi connectivity index (χ1) is 31.0. The van der Waals surface area contributed by atoms with Crippen LogP contribution in [-0.2, 0) is 18.4 Å². The summed E-state index contributed by atoms with van der Waals surface area (Å²) in [4.78, 5) is 23.3. The van der Waals surface area contributed by atoms with Gasteiger partial charge in [-0.1, -0.05) is 237 Å². The Labute approximate surface area is 397 Å². The summed E-state index contributed by atoms with van der Waals surface area (Å²) in [6.45, 7) is 4.83. The van der Waals surface area contributed by atoms with Crippen molar-refractivity contribution in [3.8, 4) is 0 Å². The largest absolute Gasteiger partial charge is 0.472 e. The van der Waals surface area contributed by atoms with Crippen LogP contribution in [0.3, 0.4) is 0 Å². The molecule has 0 saturated heterocycles. The number of carbonyl (C=O) groups excluding carboxylic acids is 1. The van der Waals surface area contributed by atoms with Crippen molar-refractivity contribution in [2.75, 3.05) is 40.9 Å². The van der Waals surface area contributed by atoms with Gasteiger partial charge in [0.1, 0.15) is 13.2 Å². The molecule has 8 nitrogen and oxygen atoms in total. The molecule has 378 valence electrons. The summed E-state index contributed by atoms with van der Waals surface area (Å²) in [6.07, 6.45) is 59.4. The van der Waals surface area contributed by atoms with Crippen molar-refractivity contribution >= 4 is 13.7 Å². The summed E-state index contributed by atoms with van der Waals surface area (Å²) in [7, 11) is 1.57. The minimum absolute atomic E-state index is 0.0610. The number of hydrogen-bond donors (Lipinski definition) is 3. The molecule has 0 spiro atoms. The molecule has 0 aromatic carbocycles. The van der Waals surface area contributed by atoms with Gasteiger partial charge >= 0.3 is 7.82 Å². The zero-order chi connectivity index (χ0) is 47.1. The Kier molecular flexibility index (Phi) is 45.9. The lowest BCUT2D eigenvalue weighted by atomic mass is 10.0. The lowest BCUT2D eigenvalue weighted by Crippen LogP contribution is -2.45. The highest BCUT2D eigenvalue weighted by Gasteiger charge is 2.27. The highest BCUT2D eigenvalue weighted by Crippen LogP contribution is 2.43. The van der Waals surface area contributed by atoms with E-state index in [1.54, 1.807) is 6.08 Å². The van der Waals surface area contributed by atoms with Gasteiger partial charge in [-0.2, -0.15) is 0 Å². The first-order valence-electron chi connectivity index (χ1n) is 27.4. The van der Waals surface area contributed by atoms with Crippen LogP contribution < -0.4 is 5.32 Å². The van der Waals surface area contributed by atoms with Crippen LogP contribution >= 0.6 is 7.82 Å². The van der Waals surface area contributed by atoms with E-state index in [0.29, 0.717) is 17.4 Å². The van der Waals surface area contributed by atoms with E-state index < -0.39 is 20.0 Å². The lowest BCUT2D eigenvalue weighted by Gasteiger charge is -2.25. The van der Waals surface area contributed by atoms with Gasteiger partial charge in [0, 0.05) is 6.42 Å². The summed E-state index contributed by atoms with van der Waals surface area (Å²) in [5, 5.41) is 13.9. The number of amides is 1. The molecule has 0 aromatic heterocycles. The molecular formula is C55H108N2O6P+. The van der Waals surface area contributed by atoms with Crippen LogP contribution in [0.15, 0.2) is 36.5 Å². The van der Waals surface area contributed by atoms with Crippen LogP contribution in [-0.4, -0.2) is 73.4 Å². The van der Waals surface area contributed by atoms with E-state index in [-0.39, 0.29) is 19.1 Å². The molecule has 0 rings (SSSR count). The molecule has 0 saturated carbocycles. The monoisotopic (exact) mass is 924 g/mol. The molecule has 0 heterocycles. The van der Waals surface area contributed by atoms with Crippen LogP contribution in [0.1, 0.15) is 258 Å². The van der Waals surface area contributed by atoms with Crippen LogP contribution in [0.2, 0.25) is 0 Å². The third-order valence-corrected chi connectivity index (χ3v) is 13.3. The Morgan fingerprint density at radius 3 is 1.28 bits per heavy atom. The highest BCUT2D eigenvalue weighted by atomic mass is 31.2. The van der Waals surface area contributed by atoms with Crippen molar-refractivity contribution in [3.05, 3.63) is 36.5 Å². The Morgan fingerprint density at radius 2 is 0.891 bits per heavy atom. The average Bonchev–Trinajstić information content (AvgIpc) is 3.25. The number of phosphoric acid groups is 1. The van der Waals surface area contributed by atoms with Gasteiger partial charge in [0.2, 0.25) is 5.91 Å². The molecule has 1 amide bonds. The zero-order valence-corrected chi connectivity index (χ0v) is 43.9. The predicted molar refractivity (Wildman–Crippen MR) is 277 cm³/mol. The number of allylic oxidation sites excluding steroid dienone is 5. The smallest absolute Gasteiger partial charge is 0.387 e. The number of quaternary nitrogens is 1. The van der Waals surface area contributed by atoms with Crippen molar-refractivity contribution in [3.63, 3.8) is 0 Å². The molecule has 0 aromatic rings. The fourth-order valence-corrected chi connectivity index (χ4v) is 8.75. The maximum Gasteiger partial charge on any atom is 0.472 e. The van der Waals surface area contributed by atoms with E-state index in [1.807, 2.05) is 27.2 Å². The summed E-state index contributed by atoms with van der Waals surface area (Å²) in [5.74, 6) is -0.179. The van der Waals surface area contributed by atoms with Crippen LogP contribution in [0.4, 0.5) is 0 Å². The summed E-state index contributed by atoms with van der Waals surface area (Å²) < 4.78 is 23.7. The maximum atomic E-state index is 13.0. The molecule has 3 unspecified atom stereocenters. The SMILES string of the molecule is CCCCCCC/C=C\C/C=C\CCCCCCCCCCCC(=O)NC(COP(=O)(O)OCC[N+](C)(C)C)C(O)/C=C/CCCCCCCCCCCCCCCCCCCCC. The van der Waals surface area contributed by atoms with Crippen molar-refractivity contribution in [2.45, 2.75) is 270 Å². The molecule has 0 fully saturated rings. The van der Waals surface area contributed by atoms with E-state index in [1.165, 1.54) is 193 Å². The lowest BCUT2D eigenvalue weighted by molar-refractivity contribution is -0.870. The number of aliphatic hydroxyl groups is 1. The van der Waals surface area contributed by atoms with Gasteiger partial charge in [0.05, 0.1) is 39.9 Å². The van der Waals surface area contributed by atoms with E-state index in [0.717, 1.165) is 44.9 Å². The Bertz CT molecular complexity index is 1140. The molecule has 3 atom stereocenters. The van der Waals surface area contributed by atoms with E-state index in [4.69, 9.17) is 9.05 Å². The van der Waals surface area contributed by atoms with Gasteiger partial charge in [0.25, 0.3) is 0 Å². The summed E-state index contributed by atoms with van der Waals surface area (Å²) in [6, 6.07) is -0.849. The van der Waals surface area contributed by atoms with E-state index >= 15 is 0 Å². The second-order valence-corrected chi connectivity index (χ2v) is 21.4. The Hall–Kier alpha value is -1.28. The van der Waals surface area contributed by atoms with E-state index in [9.17, 15) is 19.4 Å². The van der Waals surface area contributed by atoms with Gasteiger partial charge in [-0.05, 0) is 51.4 Å². The van der Waals surface area contributed by atoms with Crippen molar-refractivity contribution < 1.29 is 32.9 Å². The van der Waals surface area contributed by atoms with Crippen molar-refractivity contribution in [1.29, 1.82) is 0 Å². The number of nitrogens with zero attached hydrogens (tertiary/aromatic N) is 1. The molecule has 64 heavy (non-hydrogen) atoms. The third kappa shape index (κ3) is 48.6. The Morgan fingerprint density at radius 1 is 0.531 bits per heavy atom. The molecule has 9 heteroatoms. The molecule has 0 aliphatic heterocycles. The summed E-state index contributed by atoms with van der Waals surface area (Å²) >= 11 is 0. The Balaban J connectivity index is 4.27. The minimum Gasteiger partial charge on any atom is -0.387 e. The van der Waals surface area contributed by atoms with Crippen molar-refractivity contribution in [2.24, 2.45) is 0 Å². The third-order valence-electron chi connectivity index (χ3n) is 12.4. The number of hydrogen-bond acceptors (Lipinski definition) is 5. The maximum absolute atomic E-state index is 13.0. The van der Waals surface area contributed by atoms with E-state index in [2.05, 4.69) is 43.5 Å². The van der Waals surface area contributed by atoms with Crippen LogP contribution in [0.5, 0.6) is 0 Å². The fraction of sp³-hybridized carbons (Fsp3) is 0.873. The quantitative estimate of drug-likeness (QED) is 0.0243. The van der Waals surface area contributed by atoms with Gasteiger partial charge in [0.15, 0.2) is 0 Å². The number of aliphatic hydroxyl groups excluding tert-OH is 1. The normalized spacial score (nSPS) is 14.3. The minimum atomic E-state index is -4.35. The number of rotatable bonds is 50. The van der Waals surface area contributed by atoms with Crippen LogP contribution in [0, 0.1) is 0 Å². The number of unbranched alkanes of at least 4 members (excludes halogenated alkanes) is 33. The van der Waals surface area contributed by atoms with Crippen molar-refractivity contribution in [1.82, 2.24) is 5.32 Å².